The third-order valence-corrected chi connectivity index (χ3v) is 5.17. The zero-order valence-corrected chi connectivity index (χ0v) is 15.9. The van der Waals surface area contributed by atoms with E-state index >= 15 is 0 Å². The first kappa shape index (κ1) is 20.5. The Kier molecular flexibility index (Phi) is 9.84. The Morgan fingerprint density at radius 2 is 1.65 bits per heavy atom. The molecule has 2 rings (SSSR count). The summed E-state index contributed by atoms with van der Waals surface area (Å²) in [5.41, 5.74) is 2.18. The average molecular weight is 360 g/mol. The normalized spacial score (nSPS) is 21.5. The van der Waals surface area contributed by atoms with Crippen LogP contribution in [0.15, 0.2) is 35.5 Å². The lowest BCUT2D eigenvalue weighted by atomic mass is 9.88. The molecule has 0 radical (unpaired) electrons. The Hall–Kier alpha value is -1.84. The largest absolute Gasteiger partial charge is 0.481 e. The summed E-state index contributed by atoms with van der Waals surface area (Å²) in [6, 6.07) is 10.0. The first-order valence-corrected chi connectivity index (χ1v) is 10.2. The van der Waals surface area contributed by atoms with E-state index in [-0.39, 0.29) is 12.3 Å². The molecule has 0 amide bonds. The van der Waals surface area contributed by atoms with Crippen molar-refractivity contribution in [1.82, 2.24) is 0 Å². The van der Waals surface area contributed by atoms with E-state index in [9.17, 15) is 4.79 Å². The van der Waals surface area contributed by atoms with Crippen LogP contribution in [-0.2, 0) is 16.2 Å². The summed E-state index contributed by atoms with van der Waals surface area (Å²) in [6.07, 6.45) is 12.8. The molecule has 0 heterocycles. The van der Waals surface area contributed by atoms with Gasteiger partial charge in [0.05, 0.1) is 5.71 Å². The first-order valence-electron chi connectivity index (χ1n) is 10.2. The SMILES string of the molecule is O=C(O)CCC1CCCCCCCCCCC1=NOCc1ccccc1. The van der Waals surface area contributed by atoms with Crippen LogP contribution in [0.4, 0.5) is 0 Å². The average Bonchev–Trinajstić information content (AvgIpc) is 2.63. The molecule has 1 aliphatic carbocycles. The number of hydrogen-bond donors (Lipinski definition) is 1. The van der Waals surface area contributed by atoms with E-state index in [4.69, 9.17) is 9.94 Å². The zero-order valence-electron chi connectivity index (χ0n) is 15.9. The lowest BCUT2D eigenvalue weighted by molar-refractivity contribution is -0.137. The van der Waals surface area contributed by atoms with Gasteiger partial charge in [0.25, 0.3) is 0 Å². The molecule has 0 aliphatic heterocycles. The van der Waals surface area contributed by atoms with Crippen molar-refractivity contribution in [3.05, 3.63) is 35.9 Å². The number of benzene rings is 1. The smallest absolute Gasteiger partial charge is 0.303 e. The van der Waals surface area contributed by atoms with E-state index in [0.29, 0.717) is 13.0 Å². The molecule has 144 valence electrons. The van der Waals surface area contributed by atoms with Crippen LogP contribution in [0.3, 0.4) is 0 Å². The highest BCUT2D eigenvalue weighted by atomic mass is 16.6. The molecule has 4 heteroatoms. The summed E-state index contributed by atoms with van der Waals surface area (Å²) < 4.78 is 0. The molecule has 0 saturated heterocycles. The second-order valence-electron chi connectivity index (χ2n) is 7.34. The van der Waals surface area contributed by atoms with Crippen molar-refractivity contribution < 1.29 is 14.7 Å². The van der Waals surface area contributed by atoms with Crippen molar-refractivity contribution in [2.24, 2.45) is 11.1 Å². The molecule has 4 nitrogen and oxygen atoms in total. The molecule has 26 heavy (non-hydrogen) atoms. The standard InChI is InChI=1S/C22H33NO3/c24-22(25)17-16-20-14-10-5-3-1-2-4-6-11-15-21(20)23-26-18-19-12-8-7-9-13-19/h7-9,12-13,20H,1-6,10-11,14-18H2,(H,24,25). The Balaban J connectivity index is 2.00. The Labute approximate surface area is 157 Å². The molecule has 1 saturated carbocycles. The maximum absolute atomic E-state index is 11.1. The summed E-state index contributed by atoms with van der Waals surface area (Å²) >= 11 is 0. The number of aliphatic carboxylic acids is 1. The molecule has 0 spiro atoms. The quantitative estimate of drug-likeness (QED) is 0.638. The fraction of sp³-hybridized carbons (Fsp3) is 0.636. The molecule has 1 atom stereocenters. The van der Waals surface area contributed by atoms with Crippen LogP contribution in [0.2, 0.25) is 0 Å². The molecule has 0 bridgehead atoms. The summed E-state index contributed by atoms with van der Waals surface area (Å²) in [7, 11) is 0. The van der Waals surface area contributed by atoms with Crippen LogP contribution in [0.5, 0.6) is 0 Å². The van der Waals surface area contributed by atoms with Crippen LogP contribution < -0.4 is 0 Å². The molecule has 1 N–H and O–H groups in total. The van der Waals surface area contributed by atoms with Gasteiger partial charge in [0.15, 0.2) is 0 Å². The van der Waals surface area contributed by atoms with Crippen LogP contribution in [-0.4, -0.2) is 16.8 Å². The van der Waals surface area contributed by atoms with Crippen LogP contribution in [0, 0.1) is 5.92 Å². The molecule has 0 aromatic heterocycles. The van der Waals surface area contributed by atoms with E-state index in [1.165, 1.54) is 38.5 Å². The lowest BCUT2D eigenvalue weighted by Gasteiger charge is -2.19. The number of carboxylic acid groups (broad SMARTS) is 1. The maximum Gasteiger partial charge on any atom is 0.303 e. The van der Waals surface area contributed by atoms with Gasteiger partial charge in [-0.15, -0.1) is 0 Å². The van der Waals surface area contributed by atoms with Crippen molar-refractivity contribution >= 4 is 11.7 Å². The highest BCUT2D eigenvalue weighted by molar-refractivity contribution is 5.86. The first-order chi connectivity index (χ1) is 12.8. The highest BCUT2D eigenvalue weighted by Crippen LogP contribution is 2.23. The summed E-state index contributed by atoms with van der Waals surface area (Å²) in [4.78, 5) is 16.7. The third-order valence-electron chi connectivity index (χ3n) is 5.17. The van der Waals surface area contributed by atoms with Gasteiger partial charge in [-0.2, -0.15) is 0 Å². The molecule has 1 aliphatic rings. The fourth-order valence-electron chi connectivity index (χ4n) is 3.62. The minimum Gasteiger partial charge on any atom is -0.481 e. The van der Waals surface area contributed by atoms with Gasteiger partial charge in [0, 0.05) is 12.3 Å². The van der Waals surface area contributed by atoms with Gasteiger partial charge < -0.3 is 9.94 Å². The van der Waals surface area contributed by atoms with E-state index in [1.54, 1.807) is 0 Å². The fourth-order valence-corrected chi connectivity index (χ4v) is 3.62. The molecule has 1 fully saturated rings. The maximum atomic E-state index is 11.1. The number of oxime groups is 1. The summed E-state index contributed by atoms with van der Waals surface area (Å²) in [5, 5.41) is 13.6. The molecule has 1 aromatic rings. The molecular weight excluding hydrogens is 326 g/mol. The van der Waals surface area contributed by atoms with E-state index in [2.05, 4.69) is 5.16 Å². The van der Waals surface area contributed by atoms with Gasteiger partial charge in [-0.1, -0.05) is 80.4 Å². The van der Waals surface area contributed by atoms with Gasteiger partial charge in [-0.05, 0) is 31.2 Å². The summed E-state index contributed by atoms with van der Waals surface area (Å²) in [5.74, 6) is -0.484. The lowest BCUT2D eigenvalue weighted by Crippen LogP contribution is -2.17. The van der Waals surface area contributed by atoms with Crippen molar-refractivity contribution in [2.75, 3.05) is 0 Å². The minimum atomic E-state index is -0.722. The van der Waals surface area contributed by atoms with Gasteiger partial charge in [-0.25, -0.2) is 0 Å². The van der Waals surface area contributed by atoms with E-state index < -0.39 is 5.97 Å². The highest BCUT2D eigenvalue weighted by Gasteiger charge is 2.18. The van der Waals surface area contributed by atoms with Crippen molar-refractivity contribution in [2.45, 2.75) is 83.7 Å². The van der Waals surface area contributed by atoms with Crippen LogP contribution in [0.1, 0.15) is 82.6 Å². The predicted molar refractivity (Wildman–Crippen MR) is 105 cm³/mol. The molecule has 1 aromatic carbocycles. The van der Waals surface area contributed by atoms with Crippen LogP contribution in [0.25, 0.3) is 0 Å². The number of carboxylic acids is 1. The zero-order chi connectivity index (χ0) is 18.5. The minimum absolute atomic E-state index is 0.211. The molecular formula is C22H33NO3. The Morgan fingerprint density at radius 3 is 2.35 bits per heavy atom. The van der Waals surface area contributed by atoms with Gasteiger partial charge >= 0.3 is 5.97 Å². The van der Waals surface area contributed by atoms with Crippen molar-refractivity contribution in [3.8, 4) is 0 Å². The van der Waals surface area contributed by atoms with Crippen molar-refractivity contribution in [1.29, 1.82) is 0 Å². The topological polar surface area (TPSA) is 58.9 Å². The summed E-state index contributed by atoms with van der Waals surface area (Å²) in [6.45, 7) is 0.468. The van der Waals surface area contributed by atoms with Gasteiger partial charge in [-0.3, -0.25) is 4.79 Å². The second-order valence-corrected chi connectivity index (χ2v) is 7.34. The monoisotopic (exact) mass is 359 g/mol. The van der Waals surface area contributed by atoms with E-state index in [0.717, 1.165) is 37.0 Å². The second kappa shape index (κ2) is 12.5. The van der Waals surface area contributed by atoms with Crippen molar-refractivity contribution in [3.63, 3.8) is 0 Å². The molecule has 1 unspecified atom stereocenters. The van der Waals surface area contributed by atoms with Crippen LogP contribution >= 0.6 is 0 Å². The number of rotatable bonds is 6. The van der Waals surface area contributed by atoms with Gasteiger partial charge in [0.2, 0.25) is 0 Å². The van der Waals surface area contributed by atoms with E-state index in [1.807, 2.05) is 30.3 Å². The Bertz CT molecular complexity index is 542. The Morgan fingerprint density at radius 1 is 1.00 bits per heavy atom. The third kappa shape index (κ3) is 8.50. The van der Waals surface area contributed by atoms with Gasteiger partial charge in [0.1, 0.15) is 6.61 Å². The predicted octanol–water partition coefficient (Wildman–Crippen LogP) is 5.95. The number of carbonyl (C=O) groups is 1. The number of nitrogens with zero attached hydrogens (tertiary/aromatic N) is 1. The number of hydrogen-bond acceptors (Lipinski definition) is 3.